The third kappa shape index (κ3) is 5.18. The number of tetrazole rings is 1. The van der Waals surface area contributed by atoms with Crippen LogP contribution in [0.25, 0.3) is 5.69 Å². The second-order valence-corrected chi connectivity index (χ2v) is 7.47. The van der Waals surface area contributed by atoms with Gasteiger partial charge in [-0.05, 0) is 41.6 Å². The SMILES string of the molecule is COc1cccc(OCC(=O)N2CCN(Cc3nnnn3-c3ccc(C)cc3)CC2)c1. The minimum atomic E-state index is -0.0213. The minimum absolute atomic E-state index is 0.0127. The predicted octanol–water partition coefficient (Wildman–Crippen LogP) is 1.70. The fourth-order valence-corrected chi connectivity index (χ4v) is 3.47. The highest BCUT2D eigenvalue weighted by atomic mass is 16.5. The van der Waals surface area contributed by atoms with E-state index in [1.54, 1.807) is 17.9 Å². The molecule has 0 aliphatic carbocycles. The Balaban J connectivity index is 1.28. The molecule has 162 valence electrons. The standard InChI is InChI=1S/C22H26N6O3/c1-17-6-8-18(9-7-17)28-21(23-24-25-28)15-26-10-12-27(13-11-26)22(29)16-31-20-5-3-4-19(14-20)30-2/h3-9,14H,10-13,15-16H2,1-2H3. The lowest BCUT2D eigenvalue weighted by atomic mass is 10.2. The molecule has 0 unspecified atom stereocenters. The van der Waals surface area contributed by atoms with E-state index < -0.39 is 0 Å². The summed E-state index contributed by atoms with van der Waals surface area (Å²) in [6, 6.07) is 15.3. The van der Waals surface area contributed by atoms with Crippen LogP contribution in [0.5, 0.6) is 11.5 Å². The Morgan fingerprint density at radius 3 is 2.52 bits per heavy atom. The first-order valence-electron chi connectivity index (χ1n) is 10.2. The van der Waals surface area contributed by atoms with Gasteiger partial charge in [0, 0.05) is 32.2 Å². The molecule has 0 atom stereocenters. The molecule has 1 saturated heterocycles. The van der Waals surface area contributed by atoms with Crippen molar-refractivity contribution in [1.82, 2.24) is 30.0 Å². The molecule has 9 heteroatoms. The van der Waals surface area contributed by atoms with Crippen molar-refractivity contribution < 1.29 is 14.3 Å². The van der Waals surface area contributed by atoms with E-state index in [1.165, 1.54) is 5.56 Å². The van der Waals surface area contributed by atoms with Gasteiger partial charge >= 0.3 is 0 Å². The fraction of sp³-hybridized carbons (Fsp3) is 0.364. The molecule has 0 bridgehead atoms. The molecule has 1 amide bonds. The van der Waals surface area contributed by atoms with Gasteiger partial charge in [-0.2, -0.15) is 4.68 Å². The van der Waals surface area contributed by atoms with Crippen molar-refractivity contribution in [2.75, 3.05) is 39.9 Å². The number of carbonyl (C=O) groups is 1. The number of nitrogens with zero attached hydrogens (tertiary/aromatic N) is 6. The molecule has 31 heavy (non-hydrogen) atoms. The van der Waals surface area contributed by atoms with Gasteiger partial charge in [0.15, 0.2) is 12.4 Å². The highest BCUT2D eigenvalue weighted by molar-refractivity contribution is 5.77. The first-order valence-corrected chi connectivity index (χ1v) is 10.2. The topological polar surface area (TPSA) is 85.6 Å². The Morgan fingerprint density at radius 2 is 1.77 bits per heavy atom. The van der Waals surface area contributed by atoms with Gasteiger partial charge in [-0.3, -0.25) is 9.69 Å². The number of hydrogen-bond acceptors (Lipinski definition) is 7. The molecule has 1 aromatic heterocycles. The number of rotatable bonds is 7. The van der Waals surface area contributed by atoms with Crippen LogP contribution in [-0.2, 0) is 11.3 Å². The van der Waals surface area contributed by atoms with Crippen LogP contribution in [0.15, 0.2) is 48.5 Å². The van der Waals surface area contributed by atoms with Gasteiger partial charge in [0.25, 0.3) is 5.91 Å². The molecular weight excluding hydrogens is 396 g/mol. The van der Waals surface area contributed by atoms with Gasteiger partial charge < -0.3 is 14.4 Å². The average Bonchev–Trinajstić information content (AvgIpc) is 3.26. The monoisotopic (exact) mass is 422 g/mol. The third-order valence-corrected chi connectivity index (χ3v) is 5.31. The Hall–Kier alpha value is -3.46. The number of hydrogen-bond donors (Lipinski definition) is 0. The molecule has 3 aromatic rings. The first-order chi connectivity index (χ1) is 15.1. The molecule has 2 heterocycles. The van der Waals surface area contributed by atoms with Crippen LogP contribution < -0.4 is 9.47 Å². The summed E-state index contributed by atoms with van der Waals surface area (Å²) in [5, 5.41) is 12.2. The normalized spacial score (nSPS) is 14.5. The number of ether oxygens (including phenoxy) is 2. The highest BCUT2D eigenvalue weighted by Crippen LogP contribution is 2.19. The predicted molar refractivity (Wildman–Crippen MR) is 114 cm³/mol. The summed E-state index contributed by atoms with van der Waals surface area (Å²) in [7, 11) is 1.60. The van der Waals surface area contributed by atoms with Crippen molar-refractivity contribution in [2.24, 2.45) is 0 Å². The van der Waals surface area contributed by atoms with E-state index in [2.05, 4.69) is 20.4 Å². The van der Waals surface area contributed by atoms with Gasteiger partial charge in [-0.1, -0.05) is 23.8 Å². The Labute approximate surface area is 181 Å². The summed E-state index contributed by atoms with van der Waals surface area (Å²) in [5.41, 5.74) is 2.13. The van der Waals surface area contributed by atoms with Gasteiger partial charge in [0.2, 0.25) is 0 Å². The third-order valence-electron chi connectivity index (χ3n) is 5.31. The van der Waals surface area contributed by atoms with E-state index in [-0.39, 0.29) is 12.5 Å². The van der Waals surface area contributed by atoms with Crippen molar-refractivity contribution >= 4 is 5.91 Å². The number of piperazine rings is 1. The lowest BCUT2D eigenvalue weighted by Crippen LogP contribution is -2.49. The molecule has 0 spiro atoms. The van der Waals surface area contributed by atoms with Crippen molar-refractivity contribution in [1.29, 1.82) is 0 Å². The smallest absolute Gasteiger partial charge is 0.260 e. The number of methoxy groups -OCH3 is 1. The molecular formula is C22H26N6O3. The lowest BCUT2D eigenvalue weighted by Gasteiger charge is -2.34. The van der Waals surface area contributed by atoms with Crippen molar-refractivity contribution in [2.45, 2.75) is 13.5 Å². The molecule has 1 aliphatic rings. The molecule has 2 aromatic carbocycles. The summed E-state index contributed by atoms with van der Waals surface area (Å²) >= 11 is 0. The maximum absolute atomic E-state index is 12.5. The number of amides is 1. The summed E-state index contributed by atoms with van der Waals surface area (Å²) in [6.45, 7) is 5.49. The van der Waals surface area contributed by atoms with Crippen LogP contribution in [0.1, 0.15) is 11.4 Å². The number of aromatic nitrogens is 4. The molecule has 9 nitrogen and oxygen atoms in total. The number of aryl methyl sites for hydroxylation is 1. The summed E-state index contributed by atoms with van der Waals surface area (Å²) in [5.74, 6) is 2.08. The van der Waals surface area contributed by atoms with Gasteiger partial charge in [-0.25, -0.2) is 0 Å². The maximum Gasteiger partial charge on any atom is 0.260 e. The molecule has 4 rings (SSSR count). The van der Waals surface area contributed by atoms with Crippen LogP contribution in [-0.4, -0.2) is 75.8 Å². The van der Waals surface area contributed by atoms with Crippen LogP contribution in [0.3, 0.4) is 0 Å². The molecule has 1 fully saturated rings. The molecule has 0 saturated carbocycles. The average molecular weight is 422 g/mol. The van der Waals surface area contributed by atoms with E-state index in [0.717, 1.165) is 24.6 Å². The van der Waals surface area contributed by atoms with Gasteiger partial charge in [0.05, 0.1) is 19.3 Å². The van der Waals surface area contributed by atoms with Crippen LogP contribution >= 0.6 is 0 Å². The first kappa shape index (κ1) is 20.8. The zero-order valence-corrected chi connectivity index (χ0v) is 17.8. The number of carbonyl (C=O) groups excluding carboxylic acids is 1. The van der Waals surface area contributed by atoms with Gasteiger partial charge in [-0.15, -0.1) is 5.10 Å². The van der Waals surface area contributed by atoms with Crippen LogP contribution in [0.4, 0.5) is 0 Å². The lowest BCUT2D eigenvalue weighted by molar-refractivity contribution is -0.135. The summed E-state index contributed by atoms with van der Waals surface area (Å²) in [6.07, 6.45) is 0. The zero-order chi connectivity index (χ0) is 21.6. The van der Waals surface area contributed by atoms with Crippen molar-refractivity contribution in [3.63, 3.8) is 0 Å². The zero-order valence-electron chi connectivity index (χ0n) is 17.8. The van der Waals surface area contributed by atoms with Crippen LogP contribution in [0.2, 0.25) is 0 Å². The Bertz CT molecular complexity index is 1010. The maximum atomic E-state index is 12.5. The fourth-order valence-electron chi connectivity index (χ4n) is 3.47. The second-order valence-electron chi connectivity index (χ2n) is 7.47. The Morgan fingerprint density at radius 1 is 1.03 bits per heavy atom. The quantitative estimate of drug-likeness (QED) is 0.573. The second kappa shape index (κ2) is 9.57. The molecule has 0 N–H and O–H groups in total. The van der Waals surface area contributed by atoms with Crippen molar-refractivity contribution in [3.8, 4) is 17.2 Å². The summed E-state index contributed by atoms with van der Waals surface area (Å²) in [4.78, 5) is 16.6. The van der Waals surface area contributed by atoms with Crippen LogP contribution in [0, 0.1) is 6.92 Å². The minimum Gasteiger partial charge on any atom is -0.497 e. The largest absolute Gasteiger partial charge is 0.497 e. The molecule has 0 radical (unpaired) electrons. The molecule has 1 aliphatic heterocycles. The number of benzene rings is 2. The van der Waals surface area contributed by atoms with E-state index in [1.807, 2.05) is 54.3 Å². The van der Waals surface area contributed by atoms with E-state index in [0.29, 0.717) is 31.1 Å². The van der Waals surface area contributed by atoms with E-state index >= 15 is 0 Å². The van der Waals surface area contributed by atoms with E-state index in [4.69, 9.17) is 9.47 Å². The van der Waals surface area contributed by atoms with E-state index in [9.17, 15) is 4.79 Å². The van der Waals surface area contributed by atoms with Crippen molar-refractivity contribution in [3.05, 3.63) is 59.9 Å². The highest BCUT2D eigenvalue weighted by Gasteiger charge is 2.23. The Kier molecular flexibility index (Phi) is 6.42. The van der Waals surface area contributed by atoms with Gasteiger partial charge in [0.1, 0.15) is 11.5 Å². The summed E-state index contributed by atoms with van der Waals surface area (Å²) < 4.78 is 12.6.